The fourth-order valence-electron chi connectivity index (χ4n) is 2.45. The Morgan fingerprint density at radius 3 is 2.94 bits per heavy atom. The van der Waals surface area contributed by atoms with Gasteiger partial charge in [0.2, 0.25) is 0 Å². The van der Waals surface area contributed by atoms with Gasteiger partial charge in [0.05, 0.1) is 11.8 Å². The van der Waals surface area contributed by atoms with Crippen molar-refractivity contribution in [1.29, 1.82) is 5.26 Å². The van der Waals surface area contributed by atoms with E-state index < -0.39 is 0 Å². The van der Waals surface area contributed by atoms with Crippen LogP contribution in [-0.4, -0.2) is 16.3 Å². The fraction of sp³-hybridized carbons (Fsp3) is 0.286. The molecule has 0 atom stereocenters. The van der Waals surface area contributed by atoms with Gasteiger partial charge >= 0.3 is 0 Å². The number of benzene rings is 1. The Morgan fingerprint density at radius 2 is 2.17 bits per heavy atom. The number of hydrogen-bond donors (Lipinski definition) is 1. The number of hydrogen-bond acceptors (Lipinski definition) is 3. The molecule has 18 heavy (non-hydrogen) atoms. The third kappa shape index (κ3) is 1.79. The molecule has 0 radical (unpaired) electrons. The minimum absolute atomic E-state index is 0.329. The van der Waals surface area contributed by atoms with E-state index in [1.807, 2.05) is 22.9 Å². The van der Waals surface area contributed by atoms with Crippen molar-refractivity contribution >= 4 is 0 Å². The molecular weight excluding hydrogens is 224 g/mol. The summed E-state index contributed by atoms with van der Waals surface area (Å²) in [6, 6.07) is 12.3. The van der Waals surface area contributed by atoms with Crippen LogP contribution in [0, 0.1) is 11.3 Å². The minimum atomic E-state index is 0.329. The number of fused-ring (bicyclic) bond motifs is 1. The lowest BCUT2D eigenvalue weighted by Gasteiger charge is -2.14. The third-order valence-corrected chi connectivity index (χ3v) is 3.27. The molecule has 0 fully saturated rings. The maximum Gasteiger partial charge on any atom is 0.128 e. The number of aromatic nitrogens is 2. The van der Waals surface area contributed by atoms with Crippen LogP contribution in [-0.2, 0) is 19.5 Å². The predicted molar refractivity (Wildman–Crippen MR) is 68.7 cm³/mol. The Bertz CT molecular complexity index is 592. The molecule has 4 heteroatoms. The van der Waals surface area contributed by atoms with E-state index in [9.17, 15) is 0 Å². The highest BCUT2D eigenvalue weighted by Crippen LogP contribution is 2.27. The predicted octanol–water partition coefficient (Wildman–Crippen LogP) is 1.72. The Morgan fingerprint density at radius 1 is 1.33 bits per heavy atom. The number of nitrogens with zero attached hydrogens (tertiary/aromatic N) is 3. The van der Waals surface area contributed by atoms with Crippen LogP contribution in [0.3, 0.4) is 0 Å². The first-order valence-corrected chi connectivity index (χ1v) is 6.12. The Hall–Kier alpha value is -2.12. The molecule has 0 aliphatic carbocycles. The van der Waals surface area contributed by atoms with Gasteiger partial charge < -0.3 is 5.32 Å². The quantitative estimate of drug-likeness (QED) is 0.866. The smallest absolute Gasteiger partial charge is 0.128 e. The van der Waals surface area contributed by atoms with Gasteiger partial charge in [0, 0.05) is 36.3 Å². The third-order valence-electron chi connectivity index (χ3n) is 3.27. The van der Waals surface area contributed by atoms with Crippen molar-refractivity contribution in [2.75, 3.05) is 6.54 Å². The molecule has 0 saturated carbocycles. The van der Waals surface area contributed by atoms with Crippen molar-refractivity contribution in [3.8, 4) is 17.3 Å². The average molecular weight is 238 g/mol. The van der Waals surface area contributed by atoms with Crippen LogP contribution < -0.4 is 5.32 Å². The van der Waals surface area contributed by atoms with E-state index in [-0.39, 0.29) is 0 Å². The topological polar surface area (TPSA) is 53.6 Å². The molecule has 1 aliphatic heterocycles. The molecule has 0 spiro atoms. The summed E-state index contributed by atoms with van der Waals surface area (Å²) in [6.07, 6.45) is 0.941. The summed E-state index contributed by atoms with van der Waals surface area (Å²) in [7, 11) is 0. The van der Waals surface area contributed by atoms with E-state index >= 15 is 0 Å². The molecule has 2 heterocycles. The Labute approximate surface area is 106 Å². The highest BCUT2D eigenvalue weighted by atomic mass is 15.3. The van der Waals surface area contributed by atoms with Crippen molar-refractivity contribution in [3.05, 3.63) is 41.6 Å². The second-order valence-electron chi connectivity index (χ2n) is 4.38. The molecule has 1 aromatic carbocycles. The highest BCUT2D eigenvalue weighted by Gasteiger charge is 2.20. The van der Waals surface area contributed by atoms with Gasteiger partial charge in [-0.15, -0.1) is 0 Å². The zero-order chi connectivity index (χ0) is 12.4. The molecule has 1 aliphatic rings. The van der Waals surface area contributed by atoms with Crippen molar-refractivity contribution in [2.24, 2.45) is 0 Å². The number of nitrogens with one attached hydrogen (secondary N) is 1. The molecular formula is C14H14N4. The van der Waals surface area contributed by atoms with E-state index in [4.69, 9.17) is 5.26 Å². The normalized spacial score (nSPS) is 13.9. The summed E-state index contributed by atoms with van der Waals surface area (Å²) in [4.78, 5) is 0. The summed E-state index contributed by atoms with van der Waals surface area (Å²) < 4.78 is 1.85. The first kappa shape index (κ1) is 11.0. The van der Waals surface area contributed by atoms with Gasteiger partial charge in [0.1, 0.15) is 6.54 Å². The minimum Gasteiger partial charge on any atom is -0.312 e. The SMILES string of the molecule is N#CCn1nc(-c2ccccc2)c2c1CCNC2. The van der Waals surface area contributed by atoms with E-state index in [1.54, 1.807) is 0 Å². The number of rotatable bonds is 2. The van der Waals surface area contributed by atoms with Crippen LogP contribution in [0.1, 0.15) is 11.3 Å². The van der Waals surface area contributed by atoms with Gasteiger partial charge in [0.15, 0.2) is 0 Å². The lowest BCUT2D eigenvalue weighted by atomic mass is 10.0. The van der Waals surface area contributed by atoms with Crippen LogP contribution >= 0.6 is 0 Å². The van der Waals surface area contributed by atoms with Crippen molar-refractivity contribution in [2.45, 2.75) is 19.5 Å². The monoisotopic (exact) mass is 238 g/mol. The molecule has 1 aromatic heterocycles. The van der Waals surface area contributed by atoms with Crippen LogP contribution in [0.2, 0.25) is 0 Å². The zero-order valence-corrected chi connectivity index (χ0v) is 10.1. The summed E-state index contributed by atoms with van der Waals surface area (Å²) in [5, 5.41) is 16.9. The zero-order valence-electron chi connectivity index (χ0n) is 10.1. The fourth-order valence-corrected chi connectivity index (χ4v) is 2.45. The van der Waals surface area contributed by atoms with Crippen molar-refractivity contribution in [1.82, 2.24) is 15.1 Å². The summed E-state index contributed by atoms with van der Waals surface area (Å²) in [6.45, 7) is 2.12. The summed E-state index contributed by atoms with van der Waals surface area (Å²) in [5.41, 5.74) is 4.57. The van der Waals surface area contributed by atoms with Gasteiger partial charge in [-0.25, -0.2) is 0 Å². The maximum atomic E-state index is 8.87. The van der Waals surface area contributed by atoms with E-state index in [0.717, 1.165) is 30.8 Å². The second-order valence-corrected chi connectivity index (χ2v) is 4.38. The first-order valence-electron chi connectivity index (χ1n) is 6.12. The molecule has 1 N–H and O–H groups in total. The lowest BCUT2D eigenvalue weighted by Crippen LogP contribution is -2.24. The van der Waals surface area contributed by atoms with E-state index in [1.165, 1.54) is 11.3 Å². The molecule has 0 bridgehead atoms. The van der Waals surface area contributed by atoms with E-state index in [2.05, 4.69) is 28.6 Å². The lowest BCUT2D eigenvalue weighted by molar-refractivity contribution is 0.590. The molecule has 4 nitrogen and oxygen atoms in total. The van der Waals surface area contributed by atoms with Crippen LogP contribution in [0.15, 0.2) is 30.3 Å². The molecule has 3 rings (SSSR count). The largest absolute Gasteiger partial charge is 0.312 e. The summed E-state index contributed by atoms with van der Waals surface area (Å²) in [5.74, 6) is 0. The van der Waals surface area contributed by atoms with Crippen LogP contribution in [0.5, 0.6) is 0 Å². The summed E-state index contributed by atoms with van der Waals surface area (Å²) >= 11 is 0. The second kappa shape index (κ2) is 4.63. The van der Waals surface area contributed by atoms with Gasteiger partial charge in [0.25, 0.3) is 0 Å². The Kier molecular flexibility index (Phi) is 2.83. The Balaban J connectivity index is 2.13. The van der Waals surface area contributed by atoms with Crippen LogP contribution in [0.25, 0.3) is 11.3 Å². The average Bonchev–Trinajstić information content (AvgIpc) is 2.80. The maximum absolute atomic E-state index is 8.87. The van der Waals surface area contributed by atoms with Crippen LogP contribution in [0.4, 0.5) is 0 Å². The molecule has 90 valence electrons. The van der Waals surface area contributed by atoms with Crippen molar-refractivity contribution < 1.29 is 0 Å². The standard InChI is InChI=1S/C14H14N4/c15-7-9-18-13-6-8-16-10-12(13)14(17-18)11-4-2-1-3-5-11/h1-5,16H,6,8-10H2. The van der Waals surface area contributed by atoms with Gasteiger partial charge in [-0.05, 0) is 0 Å². The molecule has 0 saturated heterocycles. The van der Waals surface area contributed by atoms with Gasteiger partial charge in [-0.3, -0.25) is 4.68 Å². The molecule has 0 amide bonds. The first-order chi connectivity index (χ1) is 8.90. The van der Waals surface area contributed by atoms with Crippen molar-refractivity contribution in [3.63, 3.8) is 0 Å². The van der Waals surface area contributed by atoms with Gasteiger partial charge in [-0.2, -0.15) is 10.4 Å². The van der Waals surface area contributed by atoms with Gasteiger partial charge in [-0.1, -0.05) is 30.3 Å². The number of nitriles is 1. The highest BCUT2D eigenvalue weighted by molar-refractivity contribution is 5.64. The molecule has 2 aromatic rings. The van der Waals surface area contributed by atoms with E-state index in [0.29, 0.717) is 6.54 Å². The molecule has 0 unspecified atom stereocenters.